The molecular formula is C17H14NO4-. The zero-order valence-corrected chi connectivity index (χ0v) is 12.0. The molecule has 1 heterocycles. The van der Waals surface area contributed by atoms with Crippen molar-refractivity contribution in [3.63, 3.8) is 0 Å². The van der Waals surface area contributed by atoms with Gasteiger partial charge >= 0.3 is 0 Å². The molecule has 4 rings (SSSR count). The minimum absolute atomic E-state index is 0.0241. The molecule has 1 aromatic rings. The molecule has 5 nitrogen and oxygen atoms in total. The molecule has 1 saturated heterocycles. The minimum Gasteiger partial charge on any atom is -0.545 e. The number of carbonyl (C=O) groups excluding carboxylic acids is 3. The van der Waals surface area contributed by atoms with Crippen molar-refractivity contribution in [1.82, 2.24) is 0 Å². The van der Waals surface area contributed by atoms with E-state index in [1.807, 2.05) is 13.0 Å². The number of fused-ring (bicyclic) bond motifs is 5. The summed E-state index contributed by atoms with van der Waals surface area (Å²) in [6.07, 6.45) is 4.97. The van der Waals surface area contributed by atoms with Gasteiger partial charge in [0.25, 0.3) is 0 Å². The second-order valence-electron chi connectivity index (χ2n) is 6.46. The lowest BCUT2D eigenvalue weighted by Gasteiger charge is -2.28. The van der Waals surface area contributed by atoms with E-state index in [1.165, 1.54) is 29.2 Å². The van der Waals surface area contributed by atoms with Crippen molar-refractivity contribution in [2.24, 2.45) is 23.2 Å². The Morgan fingerprint density at radius 1 is 1.23 bits per heavy atom. The van der Waals surface area contributed by atoms with Gasteiger partial charge in [-0.05, 0) is 42.9 Å². The van der Waals surface area contributed by atoms with Crippen LogP contribution in [-0.2, 0) is 9.59 Å². The van der Waals surface area contributed by atoms with Gasteiger partial charge in [0, 0.05) is 0 Å². The van der Waals surface area contributed by atoms with E-state index in [2.05, 4.69) is 6.08 Å². The third-order valence-electron chi connectivity index (χ3n) is 5.47. The van der Waals surface area contributed by atoms with Crippen LogP contribution in [-0.4, -0.2) is 17.8 Å². The molecule has 22 heavy (non-hydrogen) atoms. The van der Waals surface area contributed by atoms with Gasteiger partial charge in [-0.15, -0.1) is 0 Å². The Bertz CT molecular complexity index is 736. The Morgan fingerprint density at radius 3 is 2.50 bits per heavy atom. The van der Waals surface area contributed by atoms with Gasteiger partial charge in [-0.25, -0.2) is 4.90 Å². The number of amides is 2. The van der Waals surface area contributed by atoms with Gasteiger partial charge in [-0.2, -0.15) is 0 Å². The van der Waals surface area contributed by atoms with Gasteiger partial charge in [0.2, 0.25) is 11.8 Å². The van der Waals surface area contributed by atoms with Crippen molar-refractivity contribution in [1.29, 1.82) is 0 Å². The number of hydrogen-bond acceptors (Lipinski definition) is 4. The fraction of sp³-hybridized carbons (Fsp3) is 0.353. The van der Waals surface area contributed by atoms with Crippen LogP contribution in [0, 0.1) is 23.2 Å². The van der Waals surface area contributed by atoms with Crippen LogP contribution in [0.1, 0.15) is 23.7 Å². The maximum absolute atomic E-state index is 12.9. The molecule has 1 aromatic carbocycles. The van der Waals surface area contributed by atoms with Crippen LogP contribution in [0.3, 0.4) is 0 Å². The molecule has 3 aliphatic rings. The summed E-state index contributed by atoms with van der Waals surface area (Å²) in [6.45, 7) is 1.88. The van der Waals surface area contributed by atoms with Crippen molar-refractivity contribution >= 4 is 23.5 Å². The highest BCUT2D eigenvalue weighted by Crippen LogP contribution is 2.60. The zero-order chi connectivity index (χ0) is 15.6. The smallest absolute Gasteiger partial charge is 0.241 e. The van der Waals surface area contributed by atoms with Gasteiger partial charge in [0.1, 0.15) is 0 Å². The Morgan fingerprint density at radius 2 is 1.91 bits per heavy atom. The number of carboxylic acid groups (broad SMARTS) is 1. The first-order chi connectivity index (χ1) is 10.4. The third-order valence-corrected chi connectivity index (χ3v) is 5.47. The van der Waals surface area contributed by atoms with Crippen LogP contribution in [0.4, 0.5) is 5.69 Å². The van der Waals surface area contributed by atoms with Crippen LogP contribution >= 0.6 is 0 Å². The second-order valence-corrected chi connectivity index (χ2v) is 6.46. The standard InChI is InChI=1S/C17H15NO4/c1-17-11-5-2-10(8-11)13(17)14(19)18(16(17)22)12-6-3-9(4-7-12)15(20)21/h2-7,10-11,13H,8H2,1H3,(H,20,21)/p-1/t10-,11-,13+,17-/m0/s1. The fourth-order valence-electron chi connectivity index (χ4n) is 4.30. The molecule has 1 aliphatic heterocycles. The number of carbonyl (C=O) groups is 3. The summed E-state index contributed by atoms with van der Waals surface area (Å²) in [5.74, 6) is -1.68. The minimum atomic E-state index is -1.28. The predicted molar refractivity (Wildman–Crippen MR) is 75.6 cm³/mol. The number of carboxylic acids is 1. The van der Waals surface area contributed by atoms with Crippen LogP contribution < -0.4 is 10.0 Å². The van der Waals surface area contributed by atoms with Crippen molar-refractivity contribution in [2.45, 2.75) is 13.3 Å². The Kier molecular flexibility index (Phi) is 2.45. The summed E-state index contributed by atoms with van der Waals surface area (Å²) < 4.78 is 0. The summed E-state index contributed by atoms with van der Waals surface area (Å²) >= 11 is 0. The van der Waals surface area contributed by atoms with E-state index in [9.17, 15) is 19.5 Å². The van der Waals surface area contributed by atoms with Crippen LogP contribution in [0.2, 0.25) is 0 Å². The van der Waals surface area contributed by atoms with Gasteiger partial charge in [-0.1, -0.05) is 24.3 Å². The molecule has 0 radical (unpaired) electrons. The molecule has 112 valence electrons. The maximum Gasteiger partial charge on any atom is 0.241 e. The molecule has 0 N–H and O–H groups in total. The Labute approximate surface area is 127 Å². The summed E-state index contributed by atoms with van der Waals surface area (Å²) in [6, 6.07) is 5.68. The lowest BCUT2D eigenvalue weighted by atomic mass is 9.71. The van der Waals surface area contributed by atoms with E-state index >= 15 is 0 Å². The van der Waals surface area contributed by atoms with E-state index in [0.717, 1.165) is 6.42 Å². The van der Waals surface area contributed by atoms with Crippen LogP contribution in [0.15, 0.2) is 36.4 Å². The quantitative estimate of drug-likeness (QED) is 0.596. The third kappa shape index (κ3) is 1.41. The van der Waals surface area contributed by atoms with E-state index in [-0.39, 0.29) is 35.1 Å². The molecule has 2 aliphatic carbocycles. The average molecular weight is 296 g/mol. The summed E-state index contributed by atoms with van der Waals surface area (Å²) in [5.41, 5.74) is -0.213. The molecule has 0 unspecified atom stereocenters. The summed E-state index contributed by atoms with van der Waals surface area (Å²) in [5, 5.41) is 10.8. The topological polar surface area (TPSA) is 77.5 Å². The lowest BCUT2D eigenvalue weighted by molar-refractivity contribution is -0.255. The number of imide groups is 1. The van der Waals surface area contributed by atoms with Crippen molar-refractivity contribution in [3.05, 3.63) is 42.0 Å². The monoisotopic (exact) mass is 296 g/mol. The van der Waals surface area contributed by atoms with Crippen LogP contribution in [0.5, 0.6) is 0 Å². The summed E-state index contributed by atoms with van der Waals surface area (Å²) in [7, 11) is 0. The average Bonchev–Trinajstić information content (AvgIpc) is 3.12. The number of benzene rings is 1. The highest BCUT2D eigenvalue weighted by atomic mass is 16.4. The first kappa shape index (κ1) is 13.2. The van der Waals surface area contributed by atoms with Gasteiger partial charge in [0.05, 0.1) is 23.0 Å². The van der Waals surface area contributed by atoms with Gasteiger partial charge in [0.15, 0.2) is 0 Å². The zero-order valence-electron chi connectivity index (χ0n) is 12.0. The van der Waals surface area contributed by atoms with E-state index in [1.54, 1.807) is 0 Å². The van der Waals surface area contributed by atoms with Crippen molar-refractivity contribution in [2.75, 3.05) is 4.90 Å². The number of aromatic carboxylic acids is 1. The Balaban J connectivity index is 1.74. The highest BCUT2D eigenvalue weighted by Gasteiger charge is 2.67. The van der Waals surface area contributed by atoms with Crippen LogP contribution in [0.25, 0.3) is 0 Å². The molecular weight excluding hydrogens is 282 g/mol. The molecule has 2 bridgehead atoms. The normalized spacial score (nSPS) is 35.3. The largest absolute Gasteiger partial charge is 0.545 e. The highest BCUT2D eigenvalue weighted by molar-refractivity contribution is 6.24. The van der Waals surface area contributed by atoms with E-state index in [4.69, 9.17) is 0 Å². The molecule has 4 atom stereocenters. The van der Waals surface area contributed by atoms with E-state index in [0.29, 0.717) is 5.69 Å². The molecule has 2 amide bonds. The molecule has 0 spiro atoms. The lowest BCUT2D eigenvalue weighted by Crippen LogP contribution is -2.37. The number of anilines is 1. The first-order valence-corrected chi connectivity index (χ1v) is 7.32. The molecule has 2 fully saturated rings. The van der Waals surface area contributed by atoms with E-state index < -0.39 is 11.4 Å². The van der Waals surface area contributed by atoms with Gasteiger partial charge < -0.3 is 9.90 Å². The molecule has 5 heteroatoms. The Hall–Kier alpha value is -2.43. The number of hydrogen-bond donors (Lipinski definition) is 0. The van der Waals surface area contributed by atoms with Crippen molar-refractivity contribution in [3.8, 4) is 0 Å². The predicted octanol–water partition coefficient (Wildman–Crippen LogP) is 0.752. The number of rotatable bonds is 2. The number of allylic oxidation sites excluding steroid dienone is 2. The second kappa shape index (κ2) is 4.06. The number of nitrogens with zero attached hydrogens (tertiary/aromatic N) is 1. The fourth-order valence-corrected chi connectivity index (χ4v) is 4.30. The SMILES string of the molecule is C[C@@]12C(=O)N(c3ccc(C(=O)[O-])cc3)C(=O)[C@H]1[C@H]1C=C[C@H]2C1. The maximum atomic E-state index is 12.9. The first-order valence-electron chi connectivity index (χ1n) is 7.32. The van der Waals surface area contributed by atoms with Gasteiger partial charge in [-0.3, -0.25) is 9.59 Å². The summed E-state index contributed by atoms with van der Waals surface area (Å²) in [4.78, 5) is 37.6. The van der Waals surface area contributed by atoms with Crippen molar-refractivity contribution < 1.29 is 19.5 Å². The molecule has 1 saturated carbocycles. The molecule has 0 aromatic heterocycles.